The molecule has 0 aliphatic carbocycles. The number of carboxylic acids is 1. The summed E-state index contributed by atoms with van der Waals surface area (Å²) in [4.78, 5) is 15.9. The lowest BCUT2D eigenvalue weighted by Crippen LogP contribution is -2.01. The highest BCUT2D eigenvalue weighted by atomic mass is 16.4. The Morgan fingerprint density at radius 1 is 1.05 bits per heavy atom. The van der Waals surface area contributed by atoms with Crippen LogP contribution in [-0.2, 0) is 0 Å². The zero-order chi connectivity index (χ0) is 14.1. The van der Waals surface area contributed by atoms with Crippen molar-refractivity contribution >= 4 is 22.6 Å². The first-order chi connectivity index (χ1) is 9.66. The zero-order valence-corrected chi connectivity index (χ0v) is 10.6. The van der Waals surface area contributed by atoms with Gasteiger partial charge in [-0.05, 0) is 18.2 Å². The Kier molecular flexibility index (Phi) is 2.84. The van der Waals surface area contributed by atoms with Crippen LogP contribution in [0.2, 0.25) is 0 Å². The van der Waals surface area contributed by atoms with Gasteiger partial charge in [0.25, 0.3) is 0 Å². The second kappa shape index (κ2) is 4.66. The molecule has 1 heterocycles. The second-order valence-corrected chi connectivity index (χ2v) is 4.46. The Labute approximate surface area is 115 Å². The van der Waals surface area contributed by atoms with Gasteiger partial charge in [0, 0.05) is 16.6 Å². The summed E-state index contributed by atoms with van der Waals surface area (Å²) in [5.74, 6) is -0.973. The molecular weight excluding hydrogens is 252 g/mol. The van der Waals surface area contributed by atoms with E-state index in [1.807, 2.05) is 24.3 Å². The number of anilines is 1. The molecule has 0 atom stereocenters. The maximum atomic E-state index is 11.4. The number of para-hydroxylation sites is 2. The molecule has 3 N–H and O–H groups in total. The van der Waals surface area contributed by atoms with Crippen LogP contribution in [0.1, 0.15) is 10.4 Å². The molecule has 0 spiro atoms. The summed E-state index contributed by atoms with van der Waals surface area (Å²) in [7, 11) is 0. The van der Waals surface area contributed by atoms with Crippen molar-refractivity contribution in [2.75, 3.05) is 5.73 Å². The average molecular weight is 264 g/mol. The van der Waals surface area contributed by atoms with E-state index in [1.165, 1.54) is 0 Å². The highest BCUT2D eigenvalue weighted by molar-refractivity contribution is 6.04. The maximum Gasteiger partial charge on any atom is 0.336 e. The van der Waals surface area contributed by atoms with Crippen LogP contribution in [0.5, 0.6) is 0 Å². The lowest BCUT2D eigenvalue weighted by Gasteiger charge is -2.08. The number of pyridine rings is 1. The molecule has 0 unspecified atom stereocenters. The number of rotatable bonds is 2. The first-order valence-corrected chi connectivity index (χ1v) is 6.15. The van der Waals surface area contributed by atoms with Crippen molar-refractivity contribution in [1.29, 1.82) is 0 Å². The minimum Gasteiger partial charge on any atom is -0.478 e. The minimum atomic E-state index is -0.973. The van der Waals surface area contributed by atoms with Crippen molar-refractivity contribution in [2.24, 2.45) is 0 Å². The number of aromatic nitrogens is 1. The van der Waals surface area contributed by atoms with Gasteiger partial charge in [-0.25, -0.2) is 9.78 Å². The van der Waals surface area contributed by atoms with Gasteiger partial charge in [0.15, 0.2) is 0 Å². The van der Waals surface area contributed by atoms with E-state index in [9.17, 15) is 9.90 Å². The smallest absolute Gasteiger partial charge is 0.336 e. The fourth-order valence-electron chi connectivity index (χ4n) is 2.22. The first kappa shape index (κ1) is 12.2. The quantitative estimate of drug-likeness (QED) is 0.697. The van der Waals surface area contributed by atoms with Gasteiger partial charge in [-0.3, -0.25) is 0 Å². The number of aromatic carboxylic acids is 1. The lowest BCUT2D eigenvalue weighted by molar-refractivity contribution is 0.0699. The van der Waals surface area contributed by atoms with Crippen LogP contribution in [0.15, 0.2) is 54.6 Å². The molecule has 0 aliphatic heterocycles. The van der Waals surface area contributed by atoms with Crippen LogP contribution in [0, 0.1) is 0 Å². The number of nitrogens with two attached hydrogens (primary N) is 1. The summed E-state index contributed by atoms with van der Waals surface area (Å²) in [6.07, 6.45) is 0. The van der Waals surface area contributed by atoms with Crippen LogP contribution in [0.4, 0.5) is 5.69 Å². The predicted octanol–water partition coefficient (Wildman–Crippen LogP) is 3.18. The van der Waals surface area contributed by atoms with E-state index in [2.05, 4.69) is 4.98 Å². The molecule has 4 nitrogen and oxygen atoms in total. The van der Waals surface area contributed by atoms with E-state index in [1.54, 1.807) is 30.3 Å². The number of nitrogen functional groups attached to an aromatic ring is 1. The van der Waals surface area contributed by atoms with E-state index in [0.29, 0.717) is 22.3 Å². The highest BCUT2D eigenvalue weighted by Gasteiger charge is 2.13. The Morgan fingerprint density at radius 3 is 2.50 bits per heavy atom. The molecule has 3 rings (SSSR count). The molecule has 0 bridgehead atoms. The molecule has 0 aliphatic rings. The predicted molar refractivity (Wildman–Crippen MR) is 78.6 cm³/mol. The second-order valence-electron chi connectivity index (χ2n) is 4.46. The van der Waals surface area contributed by atoms with Crippen molar-refractivity contribution in [3.8, 4) is 11.3 Å². The third-order valence-corrected chi connectivity index (χ3v) is 3.18. The van der Waals surface area contributed by atoms with Crippen LogP contribution in [-0.4, -0.2) is 16.1 Å². The third kappa shape index (κ3) is 1.97. The summed E-state index contributed by atoms with van der Waals surface area (Å²) in [5, 5.41) is 9.99. The zero-order valence-electron chi connectivity index (χ0n) is 10.6. The number of hydrogen-bond acceptors (Lipinski definition) is 3. The standard InChI is InChI=1S/C16H12N2O2/c17-13-7-3-1-6-11(13)15-9-12(16(19)20)10-5-2-4-8-14(10)18-15/h1-9H,17H2,(H,19,20). The van der Waals surface area contributed by atoms with Gasteiger partial charge < -0.3 is 10.8 Å². The number of fused-ring (bicyclic) bond motifs is 1. The van der Waals surface area contributed by atoms with Gasteiger partial charge in [-0.2, -0.15) is 0 Å². The van der Waals surface area contributed by atoms with Gasteiger partial charge in [0.2, 0.25) is 0 Å². The van der Waals surface area contributed by atoms with Crippen LogP contribution in [0.3, 0.4) is 0 Å². The first-order valence-electron chi connectivity index (χ1n) is 6.15. The summed E-state index contributed by atoms with van der Waals surface area (Å²) < 4.78 is 0. The average Bonchev–Trinajstić information content (AvgIpc) is 2.46. The van der Waals surface area contributed by atoms with Gasteiger partial charge in [0.05, 0.1) is 16.8 Å². The number of hydrogen-bond donors (Lipinski definition) is 2. The molecule has 98 valence electrons. The summed E-state index contributed by atoms with van der Waals surface area (Å²) in [6, 6.07) is 16.0. The van der Waals surface area contributed by atoms with Gasteiger partial charge in [-0.15, -0.1) is 0 Å². The van der Waals surface area contributed by atoms with Crippen molar-refractivity contribution in [1.82, 2.24) is 4.98 Å². The SMILES string of the molecule is Nc1ccccc1-c1cc(C(=O)O)c2ccccc2n1. The topological polar surface area (TPSA) is 76.2 Å². The Balaban J connectivity index is 2.33. The van der Waals surface area contributed by atoms with Crippen LogP contribution >= 0.6 is 0 Å². The van der Waals surface area contributed by atoms with E-state index >= 15 is 0 Å². The molecule has 4 heteroatoms. The monoisotopic (exact) mass is 264 g/mol. The molecule has 2 aromatic carbocycles. The molecule has 0 fully saturated rings. The molecule has 20 heavy (non-hydrogen) atoms. The molecule has 1 aromatic heterocycles. The van der Waals surface area contributed by atoms with Crippen LogP contribution in [0.25, 0.3) is 22.2 Å². The molecule has 0 saturated heterocycles. The minimum absolute atomic E-state index is 0.230. The lowest BCUT2D eigenvalue weighted by atomic mass is 10.0. The van der Waals surface area contributed by atoms with Crippen molar-refractivity contribution in [2.45, 2.75) is 0 Å². The highest BCUT2D eigenvalue weighted by Crippen LogP contribution is 2.28. The summed E-state index contributed by atoms with van der Waals surface area (Å²) >= 11 is 0. The Bertz CT molecular complexity index is 812. The molecular formula is C16H12N2O2. The van der Waals surface area contributed by atoms with Crippen molar-refractivity contribution in [3.05, 3.63) is 60.2 Å². The fraction of sp³-hybridized carbons (Fsp3) is 0. The summed E-state index contributed by atoms with van der Waals surface area (Å²) in [5.41, 5.74) is 8.69. The van der Waals surface area contributed by atoms with E-state index < -0.39 is 5.97 Å². The molecule has 3 aromatic rings. The molecule has 0 radical (unpaired) electrons. The van der Waals surface area contributed by atoms with E-state index in [4.69, 9.17) is 5.73 Å². The normalized spacial score (nSPS) is 10.6. The van der Waals surface area contributed by atoms with Crippen LogP contribution < -0.4 is 5.73 Å². The molecule has 0 amide bonds. The Morgan fingerprint density at radius 2 is 1.75 bits per heavy atom. The van der Waals surface area contributed by atoms with Gasteiger partial charge in [0.1, 0.15) is 0 Å². The number of benzene rings is 2. The largest absolute Gasteiger partial charge is 0.478 e. The number of carboxylic acid groups (broad SMARTS) is 1. The summed E-state index contributed by atoms with van der Waals surface area (Å²) in [6.45, 7) is 0. The molecule has 0 saturated carbocycles. The van der Waals surface area contributed by atoms with E-state index in [0.717, 1.165) is 5.56 Å². The number of nitrogens with zero attached hydrogens (tertiary/aromatic N) is 1. The fourth-order valence-corrected chi connectivity index (χ4v) is 2.22. The maximum absolute atomic E-state index is 11.4. The van der Waals surface area contributed by atoms with Crippen molar-refractivity contribution in [3.63, 3.8) is 0 Å². The third-order valence-electron chi connectivity index (χ3n) is 3.18. The van der Waals surface area contributed by atoms with Gasteiger partial charge in [-0.1, -0.05) is 36.4 Å². The van der Waals surface area contributed by atoms with E-state index in [-0.39, 0.29) is 5.56 Å². The van der Waals surface area contributed by atoms with Crippen molar-refractivity contribution < 1.29 is 9.90 Å². The Hall–Kier alpha value is -2.88. The number of carbonyl (C=O) groups is 1. The van der Waals surface area contributed by atoms with Gasteiger partial charge >= 0.3 is 5.97 Å².